The Kier molecular flexibility index (Phi) is 5.31. The molecule has 1 amide bonds. The monoisotopic (exact) mass is 341 g/mol. The number of hydrogen-bond acceptors (Lipinski definition) is 2. The third-order valence-electron chi connectivity index (χ3n) is 4.45. The number of likely N-dealkylation sites (tertiary alicyclic amines) is 1. The number of carbonyl (C=O) groups is 2. The van der Waals surface area contributed by atoms with E-state index in [0.29, 0.717) is 18.0 Å². The number of halogens is 1. The number of benzene rings is 2. The van der Waals surface area contributed by atoms with Crippen LogP contribution in [0, 0.1) is 5.92 Å². The SMILES string of the molecule is O=C(c1ccccc1)C1CCCN(C(=O)Cc2cccc(Cl)c2)C1. The summed E-state index contributed by atoms with van der Waals surface area (Å²) in [5.41, 5.74) is 1.63. The fourth-order valence-electron chi connectivity index (χ4n) is 3.19. The summed E-state index contributed by atoms with van der Waals surface area (Å²) in [7, 11) is 0. The van der Waals surface area contributed by atoms with Gasteiger partial charge in [0.1, 0.15) is 0 Å². The first-order valence-corrected chi connectivity index (χ1v) is 8.63. The number of carbonyl (C=O) groups excluding carboxylic acids is 2. The second-order valence-electron chi connectivity index (χ2n) is 6.22. The Morgan fingerprint density at radius 1 is 1.08 bits per heavy atom. The maximum atomic E-state index is 12.6. The van der Waals surface area contributed by atoms with Crippen LogP contribution in [0.15, 0.2) is 54.6 Å². The fraction of sp³-hybridized carbons (Fsp3) is 0.300. The van der Waals surface area contributed by atoms with Crippen molar-refractivity contribution in [1.29, 1.82) is 0 Å². The average Bonchev–Trinajstić information content (AvgIpc) is 2.62. The number of rotatable bonds is 4. The molecule has 4 heteroatoms. The molecule has 1 atom stereocenters. The van der Waals surface area contributed by atoms with Crippen LogP contribution in [0.25, 0.3) is 0 Å². The van der Waals surface area contributed by atoms with Gasteiger partial charge in [-0.2, -0.15) is 0 Å². The quantitative estimate of drug-likeness (QED) is 0.788. The topological polar surface area (TPSA) is 37.4 Å². The molecule has 1 aliphatic heterocycles. The van der Waals surface area contributed by atoms with Crippen molar-refractivity contribution in [2.24, 2.45) is 5.92 Å². The third kappa shape index (κ3) is 4.04. The molecular weight excluding hydrogens is 322 g/mol. The van der Waals surface area contributed by atoms with Crippen LogP contribution in [-0.4, -0.2) is 29.7 Å². The van der Waals surface area contributed by atoms with E-state index in [-0.39, 0.29) is 17.6 Å². The zero-order valence-electron chi connectivity index (χ0n) is 13.5. The highest BCUT2D eigenvalue weighted by Crippen LogP contribution is 2.22. The van der Waals surface area contributed by atoms with Gasteiger partial charge in [0.25, 0.3) is 0 Å². The smallest absolute Gasteiger partial charge is 0.227 e. The molecule has 1 unspecified atom stereocenters. The molecule has 0 aromatic heterocycles. The predicted octanol–water partition coefficient (Wildman–Crippen LogP) is 4.00. The number of nitrogens with zero attached hydrogens (tertiary/aromatic N) is 1. The number of amides is 1. The van der Waals surface area contributed by atoms with Gasteiger partial charge in [0.05, 0.1) is 6.42 Å². The summed E-state index contributed by atoms with van der Waals surface area (Å²) < 4.78 is 0. The lowest BCUT2D eigenvalue weighted by molar-refractivity contribution is -0.131. The zero-order valence-corrected chi connectivity index (χ0v) is 14.2. The summed E-state index contributed by atoms with van der Waals surface area (Å²) in [6.07, 6.45) is 2.03. The first-order valence-electron chi connectivity index (χ1n) is 8.25. The summed E-state index contributed by atoms with van der Waals surface area (Å²) >= 11 is 5.98. The molecule has 124 valence electrons. The van der Waals surface area contributed by atoms with Crippen molar-refractivity contribution in [2.45, 2.75) is 19.3 Å². The normalized spacial score (nSPS) is 17.5. The Hall–Kier alpha value is -2.13. The molecule has 1 aliphatic rings. The molecule has 2 aromatic rings. The van der Waals surface area contributed by atoms with Gasteiger partial charge in [0.2, 0.25) is 5.91 Å². The van der Waals surface area contributed by atoms with Crippen molar-refractivity contribution in [2.75, 3.05) is 13.1 Å². The van der Waals surface area contributed by atoms with Gasteiger partial charge in [0.15, 0.2) is 5.78 Å². The Labute approximate surface area is 147 Å². The minimum absolute atomic E-state index is 0.0582. The lowest BCUT2D eigenvalue weighted by Gasteiger charge is -2.32. The average molecular weight is 342 g/mol. The van der Waals surface area contributed by atoms with Crippen LogP contribution in [0.4, 0.5) is 0 Å². The number of Topliss-reactive ketones (excluding diaryl/α,β-unsaturated/α-hetero) is 1. The van der Waals surface area contributed by atoms with Crippen molar-refractivity contribution in [3.63, 3.8) is 0 Å². The maximum absolute atomic E-state index is 12.6. The van der Waals surface area contributed by atoms with Gasteiger partial charge in [-0.25, -0.2) is 0 Å². The molecule has 0 aliphatic carbocycles. The Morgan fingerprint density at radius 3 is 2.62 bits per heavy atom. The molecule has 2 aromatic carbocycles. The number of piperidine rings is 1. The Bertz CT molecular complexity index is 729. The number of ketones is 1. The van der Waals surface area contributed by atoms with E-state index in [1.54, 1.807) is 6.07 Å². The molecule has 0 spiro atoms. The van der Waals surface area contributed by atoms with E-state index in [1.165, 1.54) is 0 Å². The Morgan fingerprint density at radius 2 is 1.88 bits per heavy atom. The zero-order chi connectivity index (χ0) is 16.9. The van der Waals surface area contributed by atoms with Crippen LogP contribution in [0.5, 0.6) is 0 Å². The van der Waals surface area contributed by atoms with Crippen molar-refractivity contribution >= 4 is 23.3 Å². The van der Waals surface area contributed by atoms with Gasteiger partial charge in [-0.15, -0.1) is 0 Å². The van der Waals surface area contributed by atoms with Crippen molar-refractivity contribution in [3.8, 4) is 0 Å². The molecule has 0 saturated carbocycles. The molecule has 0 bridgehead atoms. The Balaban J connectivity index is 1.65. The van der Waals surface area contributed by atoms with Gasteiger partial charge in [-0.3, -0.25) is 9.59 Å². The van der Waals surface area contributed by atoms with Crippen LogP contribution in [0.1, 0.15) is 28.8 Å². The van der Waals surface area contributed by atoms with E-state index in [9.17, 15) is 9.59 Å². The predicted molar refractivity (Wildman–Crippen MR) is 95.2 cm³/mol. The third-order valence-corrected chi connectivity index (χ3v) is 4.68. The first kappa shape index (κ1) is 16.7. The molecule has 0 radical (unpaired) electrons. The molecule has 1 fully saturated rings. The minimum Gasteiger partial charge on any atom is -0.342 e. The van der Waals surface area contributed by atoms with E-state index in [1.807, 2.05) is 53.4 Å². The van der Waals surface area contributed by atoms with Gasteiger partial charge in [0, 0.05) is 29.6 Å². The molecule has 0 N–H and O–H groups in total. The summed E-state index contributed by atoms with van der Waals surface area (Å²) in [6, 6.07) is 16.7. The second kappa shape index (κ2) is 7.63. The maximum Gasteiger partial charge on any atom is 0.227 e. The van der Waals surface area contributed by atoms with Crippen LogP contribution in [0.3, 0.4) is 0 Å². The van der Waals surface area contributed by atoms with Crippen LogP contribution < -0.4 is 0 Å². The lowest BCUT2D eigenvalue weighted by atomic mass is 9.90. The summed E-state index contributed by atoms with van der Waals surface area (Å²) in [4.78, 5) is 27.0. The molecule has 1 saturated heterocycles. The highest BCUT2D eigenvalue weighted by molar-refractivity contribution is 6.30. The highest BCUT2D eigenvalue weighted by Gasteiger charge is 2.28. The largest absolute Gasteiger partial charge is 0.342 e. The van der Waals surface area contributed by atoms with Crippen molar-refractivity contribution < 1.29 is 9.59 Å². The van der Waals surface area contributed by atoms with E-state index >= 15 is 0 Å². The van der Waals surface area contributed by atoms with Gasteiger partial charge in [-0.05, 0) is 30.5 Å². The van der Waals surface area contributed by atoms with Gasteiger partial charge >= 0.3 is 0 Å². The van der Waals surface area contributed by atoms with Crippen LogP contribution in [-0.2, 0) is 11.2 Å². The molecule has 3 rings (SSSR count). The van der Waals surface area contributed by atoms with Crippen molar-refractivity contribution in [3.05, 3.63) is 70.7 Å². The fourth-order valence-corrected chi connectivity index (χ4v) is 3.40. The minimum atomic E-state index is -0.107. The molecule has 24 heavy (non-hydrogen) atoms. The van der Waals surface area contributed by atoms with E-state index in [4.69, 9.17) is 11.6 Å². The highest BCUT2D eigenvalue weighted by atomic mass is 35.5. The van der Waals surface area contributed by atoms with E-state index < -0.39 is 0 Å². The summed E-state index contributed by atoms with van der Waals surface area (Å²) in [5.74, 6) is 0.0862. The second-order valence-corrected chi connectivity index (χ2v) is 6.65. The molecular formula is C20H20ClNO2. The molecule has 1 heterocycles. The van der Waals surface area contributed by atoms with E-state index in [0.717, 1.165) is 30.5 Å². The van der Waals surface area contributed by atoms with Crippen LogP contribution >= 0.6 is 11.6 Å². The number of hydrogen-bond donors (Lipinski definition) is 0. The van der Waals surface area contributed by atoms with E-state index in [2.05, 4.69) is 0 Å². The summed E-state index contributed by atoms with van der Waals surface area (Å²) in [5, 5.41) is 0.635. The summed E-state index contributed by atoms with van der Waals surface area (Å²) in [6.45, 7) is 1.23. The molecule has 3 nitrogen and oxygen atoms in total. The van der Waals surface area contributed by atoms with Crippen LogP contribution in [0.2, 0.25) is 5.02 Å². The van der Waals surface area contributed by atoms with Gasteiger partial charge < -0.3 is 4.90 Å². The standard InChI is InChI=1S/C20H20ClNO2/c21-18-10-4-6-15(12-18)13-19(23)22-11-5-9-17(14-22)20(24)16-7-2-1-3-8-16/h1-4,6-8,10,12,17H,5,9,11,13-14H2. The van der Waals surface area contributed by atoms with Gasteiger partial charge in [-0.1, -0.05) is 54.1 Å². The first-order chi connectivity index (χ1) is 11.6. The lowest BCUT2D eigenvalue weighted by Crippen LogP contribution is -2.43. The van der Waals surface area contributed by atoms with Crippen molar-refractivity contribution in [1.82, 2.24) is 4.90 Å².